The third-order valence-electron chi connectivity index (χ3n) is 3.06. The van der Waals surface area contributed by atoms with Crippen molar-refractivity contribution in [3.63, 3.8) is 0 Å². The minimum atomic E-state index is -6.22. The quantitative estimate of drug-likeness (QED) is 0.246. The lowest BCUT2D eigenvalue weighted by atomic mass is 10.3. The highest BCUT2D eigenvalue weighted by Crippen LogP contribution is 2.39. The van der Waals surface area contributed by atoms with Crippen LogP contribution in [0.25, 0.3) is 0 Å². The zero-order chi connectivity index (χ0) is 19.4. The highest BCUT2D eigenvalue weighted by atomic mass is 32.2. The van der Waals surface area contributed by atoms with Crippen molar-refractivity contribution >= 4 is 20.1 Å². The van der Waals surface area contributed by atoms with E-state index in [0.717, 1.165) is 0 Å². The first kappa shape index (κ1) is 23.4. The zero-order valence-corrected chi connectivity index (χ0v) is 14.6. The van der Waals surface area contributed by atoms with Gasteiger partial charge in [0.1, 0.15) is 0 Å². The smallest absolute Gasteiger partial charge is 0.470 e. The molecule has 0 saturated carbocycles. The van der Waals surface area contributed by atoms with Gasteiger partial charge in [0.2, 0.25) is 0 Å². The van der Waals surface area contributed by atoms with E-state index in [1.165, 1.54) is 4.72 Å². The topological polar surface area (TPSA) is 103 Å². The number of quaternary nitrogens is 1. The zero-order valence-electron chi connectivity index (χ0n) is 12.9. The Bertz CT molecular complexity index is 616. The van der Waals surface area contributed by atoms with Crippen LogP contribution in [0.15, 0.2) is 0 Å². The first-order valence-electron chi connectivity index (χ1n) is 6.61. The van der Waals surface area contributed by atoms with Crippen LogP contribution in [-0.2, 0) is 20.1 Å². The fourth-order valence-electron chi connectivity index (χ4n) is 1.74. The Labute approximate surface area is 137 Å². The molecule has 0 aromatic heterocycles. The van der Waals surface area contributed by atoms with Gasteiger partial charge in [0, 0.05) is 25.1 Å². The van der Waals surface area contributed by atoms with Gasteiger partial charge in [-0.3, -0.25) is 0 Å². The molecule has 14 heteroatoms. The summed E-state index contributed by atoms with van der Waals surface area (Å²) < 4.78 is 116. The van der Waals surface area contributed by atoms with Gasteiger partial charge in [0.05, 0.1) is 37.3 Å². The lowest BCUT2D eigenvalue weighted by molar-refractivity contribution is -0.890. The molecule has 1 N–H and O–H groups in total. The van der Waals surface area contributed by atoms with Crippen LogP contribution in [0.5, 0.6) is 0 Å². The van der Waals surface area contributed by atoms with E-state index in [4.69, 9.17) is 0 Å². The molecule has 0 aliphatic rings. The molecule has 0 aliphatic heterocycles. The van der Waals surface area contributed by atoms with Crippen LogP contribution in [0.1, 0.15) is 12.8 Å². The molecule has 24 heavy (non-hydrogen) atoms. The van der Waals surface area contributed by atoms with Gasteiger partial charge in [-0.05, 0) is 0 Å². The predicted octanol–water partition coefficient (Wildman–Crippen LogP) is 0.463. The summed E-state index contributed by atoms with van der Waals surface area (Å²) >= 11 is 0. The molecule has 0 amide bonds. The van der Waals surface area contributed by atoms with Crippen LogP contribution in [0.2, 0.25) is 0 Å². The highest BCUT2D eigenvalue weighted by Gasteiger charge is 2.67. The number of halogens is 5. The Hall–Kier alpha value is -0.570. The monoisotopic (exact) mass is 406 g/mol. The Kier molecular flexibility index (Phi) is 7.58. The van der Waals surface area contributed by atoms with Crippen molar-refractivity contribution in [2.45, 2.75) is 24.3 Å². The van der Waals surface area contributed by atoms with E-state index in [0.29, 0.717) is 0 Å². The lowest BCUT2D eigenvalue weighted by Crippen LogP contribution is -2.50. The summed E-state index contributed by atoms with van der Waals surface area (Å²) in [4.78, 5) is 0. The summed E-state index contributed by atoms with van der Waals surface area (Å²) in [6.45, 7) is -0.249. The molecule has 0 fully saturated rings. The van der Waals surface area contributed by atoms with Gasteiger partial charge in [-0.1, -0.05) is 0 Å². The Morgan fingerprint density at radius 2 is 1.42 bits per heavy atom. The van der Waals surface area contributed by atoms with Crippen LogP contribution >= 0.6 is 0 Å². The second-order valence-corrected chi connectivity index (χ2v) is 9.10. The van der Waals surface area contributed by atoms with Crippen LogP contribution in [0.3, 0.4) is 0 Å². The van der Waals surface area contributed by atoms with E-state index < -0.39 is 43.9 Å². The van der Waals surface area contributed by atoms with Gasteiger partial charge in [-0.15, -0.1) is 0 Å². The molecule has 0 heterocycles. The van der Waals surface area contributed by atoms with Crippen LogP contribution in [0, 0.1) is 0 Å². The van der Waals surface area contributed by atoms with Gasteiger partial charge in [-0.25, -0.2) is 21.6 Å². The van der Waals surface area contributed by atoms with E-state index in [1.54, 1.807) is 14.1 Å². The Morgan fingerprint density at radius 1 is 0.958 bits per heavy atom. The summed E-state index contributed by atoms with van der Waals surface area (Å²) in [7, 11) is -7.06. The minimum Gasteiger partial charge on any atom is -0.748 e. The van der Waals surface area contributed by atoms with Crippen molar-refractivity contribution in [2.24, 2.45) is 0 Å². The standard InChI is InChI=1S/C10H19F5N2O5S2/c1-17(2,7-4-8-23(18,19)20)6-3-5-16-24(21,22)10(14,15)9(11,12)13/h16H,3-8H2,1-2H3. The van der Waals surface area contributed by atoms with E-state index >= 15 is 0 Å². The summed E-state index contributed by atoms with van der Waals surface area (Å²) in [5.74, 6) is -0.584. The SMILES string of the molecule is C[N+](C)(CCCNS(=O)(=O)C(F)(F)C(F)(F)F)CCCS(=O)(=O)[O-]. The number of nitrogens with one attached hydrogen (secondary N) is 1. The molecule has 0 bridgehead atoms. The molecule has 0 atom stereocenters. The highest BCUT2D eigenvalue weighted by molar-refractivity contribution is 7.90. The molecular weight excluding hydrogens is 387 g/mol. The van der Waals surface area contributed by atoms with E-state index in [1.807, 2.05) is 0 Å². The third-order valence-corrected chi connectivity index (χ3v) is 5.34. The van der Waals surface area contributed by atoms with Crippen molar-refractivity contribution < 1.29 is 47.8 Å². The molecule has 0 aromatic carbocycles. The number of rotatable bonds is 10. The molecule has 0 aliphatic carbocycles. The second-order valence-electron chi connectivity index (χ2n) is 5.76. The van der Waals surface area contributed by atoms with Crippen LogP contribution in [0.4, 0.5) is 22.0 Å². The van der Waals surface area contributed by atoms with Gasteiger partial charge < -0.3 is 9.04 Å². The van der Waals surface area contributed by atoms with E-state index in [-0.39, 0.29) is 30.4 Å². The largest absolute Gasteiger partial charge is 0.748 e. The van der Waals surface area contributed by atoms with E-state index in [9.17, 15) is 43.3 Å². The molecule has 0 spiro atoms. The summed E-state index contributed by atoms with van der Waals surface area (Å²) in [6.07, 6.45) is -6.25. The average Bonchev–Trinajstić information content (AvgIpc) is 2.31. The normalized spacial score (nSPS) is 14.8. The maximum Gasteiger partial charge on any atom is 0.470 e. The summed E-state index contributed by atoms with van der Waals surface area (Å²) in [6, 6.07) is 0. The number of hydrogen-bond donors (Lipinski definition) is 1. The molecule has 0 aromatic rings. The van der Waals surface area contributed by atoms with Crippen LogP contribution < -0.4 is 4.72 Å². The number of nitrogens with zero attached hydrogens (tertiary/aromatic N) is 1. The predicted molar refractivity (Wildman–Crippen MR) is 73.6 cm³/mol. The Morgan fingerprint density at radius 3 is 1.83 bits per heavy atom. The molecule has 0 saturated heterocycles. The first-order chi connectivity index (χ1) is 10.4. The summed E-state index contributed by atoms with van der Waals surface area (Å²) in [5.41, 5.74) is 0. The molecule has 0 unspecified atom stereocenters. The van der Waals surface area contributed by atoms with Crippen molar-refractivity contribution in [1.82, 2.24) is 4.72 Å². The van der Waals surface area contributed by atoms with Gasteiger partial charge in [0.15, 0.2) is 0 Å². The second kappa shape index (κ2) is 7.76. The molecule has 7 nitrogen and oxygen atoms in total. The lowest BCUT2D eigenvalue weighted by Gasteiger charge is -2.30. The molecule has 0 rings (SSSR count). The summed E-state index contributed by atoms with van der Waals surface area (Å²) in [5, 5.41) is -5.90. The first-order valence-corrected chi connectivity index (χ1v) is 9.67. The number of sulfonamides is 1. The maximum atomic E-state index is 12.8. The number of hydrogen-bond acceptors (Lipinski definition) is 5. The molecular formula is C10H19F5N2O5S2. The van der Waals surface area contributed by atoms with Crippen molar-refractivity contribution in [1.29, 1.82) is 0 Å². The van der Waals surface area contributed by atoms with Gasteiger partial charge >= 0.3 is 11.4 Å². The van der Waals surface area contributed by atoms with E-state index in [2.05, 4.69) is 0 Å². The van der Waals surface area contributed by atoms with Crippen molar-refractivity contribution in [3.05, 3.63) is 0 Å². The van der Waals surface area contributed by atoms with Gasteiger partial charge in [-0.2, -0.15) is 22.0 Å². The Balaban J connectivity index is 4.43. The molecule has 0 radical (unpaired) electrons. The van der Waals surface area contributed by atoms with Crippen molar-refractivity contribution in [3.8, 4) is 0 Å². The number of alkyl halides is 5. The molecule has 146 valence electrons. The fraction of sp³-hybridized carbons (Fsp3) is 1.00. The maximum absolute atomic E-state index is 12.8. The van der Waals surface area contributed by atoms with Gasteiger partial charge in [0.25, 0.3) is 10.0 Å². The fourth-order valence-corrected chi connectivity index (χ4v) is 3.12. The third kappa shape index (κ3) is 7.55. The van der Waals surface area contributed by atoms with Crippen molar-refractivity contribution in [2.75, 3.05) is 39.5 Å². The minimum absolute atomic E-state index is 0.0384. The van der Waals surface area contributed by atoms with Crippen LogP contribution in [-0.4, -0.2) is 76.8 Å². The average molecular weight is 406 g/mol.